The van der Waals surface area contributed by atoms with Gasteiger partial charge in [-0.3, -0.25) is 4.79 Å². The van der Waals surface area contributed by atoms with E-state index >= 15 is 0 Å². The van der Waals surface area contributed by atoms with Crippen LogP contribution in [0.5, 0.6) is 11.5 Å². The second-order valence-corrected chi connectivity index (χ2v) is 7.19. The highest BCUT2D eigenvalue weighted by atomic mass is 79.9. The second-order valence-electron chi connectivity index (χ2n) is 5.91. The maximum absolute atomic E-state index is 12.0. The first-order valence-electron chi connectivity index (χ1n) is 8.58. The Balaban J connectivity index is 1.62. The van der Waals surface area contributed by atoms with Gasteiger partial charge in [-0.15, -0.1) is 0 Å². The average molecular weight is 478 g/mol. The molecule has 1 aromatic heterocycles. The summed E-state index contributed by atoms with van der Waals surface area (Å²) in [4.78, 5) is 12.0. The topological polar surface area (TPSA) is 77.7 Å². The van der Waals surface area contributed by atoms with Gasteiger partial charge in [0.25, 0.3) is 5.91 Å². The minimum atomic E-state index is -0.421. The molecule has 0 atom stereocenters. The van der Waals surface area contributed by atoms with Gasteiger partial charge in [0.15, 0.2) is 18.1 Å². The summed E-state index contributed by atoms with van der Waals surface area (Å²) in [6.45, 7) is 1.60. The molecule has 0 spiro atoms. The van der Waals surface area contributed by atoms with Crippen molar-refractivity contribution in [1.29, 1.82) is 0 Å². The number of hydrazone groups is 1. The largest absolute Gasteiger partial charge is 0.493 e. The lowest BCUT2D eigenvalue weighted by molar-refractivity contribution is -0.123. The molecule has 9 heteroatoms. The number of halogens is 2. The number of carbonyl (C=O) groups excluding carboxylic acids is 1. The molecular formula is C20H18BrClN4O3. The van der Waals surface area contributed by atoms with Gasteiger partial charge in [-0.1, -0.05) is 45.7 Å². The van der Waals surface area contributed by atoms with E-state index in [1.54, 1.807) is 22.9 Å². The first-order chi connectivity index (χ1) is 14.0. The number of hydrogen-bond donors (Lipinski definition) is 1. The highest BCUT2D eigenvalue weighted by molar-refractivity contribution is 9.10. The SMILES string of the molecule is COc1cc(Br)ccc1OCC(=O)N/N=C\c1c(C)nn(-c2ccccc2)c1Cl. The Bertz CT molecular complexity index is 1040. The number of para-hydroxylation sites is 1. The molecule has 29 heavy (non-hydrogen) atoms. The lowest BCUT2D eigenvalue weighted by Crippen LogP contribution is -2.24. The normalized spacial score (nSPS) is 10.9. The van der Waals surface area contributed by atoms with Gasteiger partial charge in [0.05, 0.1) is 30.3 Å². The number of carbonyl (C=O) groups is 1. The maximum Gasteiger partial charge on any atom is 0.277 e. The Morgan fingerprint density at radius 1 is 1.28 bits per heavy atom. The lowest BCUT2D eigenvalue weighted by atomic mass is 10.3. The number of hydrogen-bond acceptors (Lipinski definition) is 5. The third kappa shape index (κ3) is 5.16. The fourth-order valence-electron chi connectivity index (χ4n) is 2.50. The first-order valence-corrected chi connectivity index (χ1v) is 9.75. The van der Waals surface area contributed by atoms with Crippen LogP contribution in [-0.4, -0.2) is 35.6 Å². The quantitative estimate of drug-likeness (QED) is 0.410. The Morgan fingerprint density at radius 3 is 2.76 bits per heavy atom. The van der Waals surface area contributed by atoms with Crippen LogP contribution in [0.25, 0.3) is 5.69 Å². The number of methoxy groups -OCH3 is 1. The second kappa shape index (κ2) is 9.58. The summed E-state index contributed by atoms with van der Waals surface area (Å²) in [5.74, 6) is 0.555. The summed E-state index contributed by atoms with van der Waals surface area (Å²) in [5.41, 5.74) is 4.55. The van der Waals surface area contributed by atoms with E-state index in [4.69, 9.17) is 21.1 Å². The first kappa shape index (κ1) is 20.9. The van der Waals surface area contributed by atoms with Crippen LogP contribution in [0, 0.1) is 6.92 Å². The molecular weight excluding hydrogens is 460 g/mol. The summed E-state index contributed by atoms with van der Waals surface area (Å²) in [5, 5.41) is 8.78. The molecule has 3 rings (SSSR count). The molecule has 2 aromatic carbocycles. The Kier molecular flexibility index (Phi) is 6.90. The number of ether oxygens (including phenoxy) is 2. The van der Waals surface area contributed by atoms with Crippen LogP contribution >= 0.6 is 27.5 Å². The van der Waals surface area contributed by atoms with Crippen molar-refractivity contribution in [2.75, 3.05) is 13.7 Å². The van der Waals surface area contributed by atoms with E-state index in [2.05, 4.69) is 31.6 Å². The van der Waals surface area contributed by atoms with Crippen molar-refractivity contribution in [3.63, 3.8) is 0 Å². The zero-order valence-corrected chi connectivity index (χ0v) is 18.1. The van der Waals surface area contributed by atoms with Crippen molar-refractivity contribution >= 4 is 39.7 Å². The average Bonchev–Trinajstić information content (AvgIpc) is 3.01. The van der Waals surface area contributed by atoms with Crippen molar-refractivity contribution in [2.24, 2.45) is 5.10 Å². The molecule has 0 aliphatic rings. The molecule has 1 heterocycles. The fourth-order valence-corrected chi connectivity index (χ4v) is 3.16. The maximum atomic E-state index is 12.0. The van der Waals surface area contributed by atoms with Gasteiger partial charge in [-0.25, -0.2) is 10.1 Å². The van der Waals surface area contributed by atoms with Crippen molar-refractivity contribution < 1.29 is 14.3 Å². The van der Waals surface area contributed by atoms with Crippen molar-refractivity contribution in [3.8, 4) is 17.2 Å². The summed E-state index contributed by atoms with van der Waals surface area (Å²) in [6, 6.07) is 14.8. The molecule has 0 radical (unpaired) electrons. The van der Waals surface area contributed by atoms with Crippen LogP contribution in [0.4, 0.5) is 0 Å². The van der Waals surface area contributed by atoms with Crippen LogP contribution < -0.4 is 14.9 Å². The van der Waals surface area contributed by atoms with Gasteiger partial charge in [0, 0.05) is 4.47 Å². The van der Waals surface area contributed by atoms with Gasteiger partial charge in [-0.2, -0.15) is 10.2 Å². The molecule has 7 nitrogen and oxygen atoms in total. The highest BCUT2D eigenvalue weighted by Gasteiger charge is 2.13. The number of amides is 1. The van der Waals surface area contributed by atoms with Gasteiger partial charge >= 0.3 is 0 Å². The molecule has 0 saturated heterocycles. The van der Waals surface area contributed by atoms with Crippen molar-refractivity contribution in [3.05, 3.63) is 69.4 Å². The minimum absolute atomic E-state index is 0.217. The number of aryl methyl sites for hydroxylation is 1. The Hall–Kier alpha value is -2.84. The van der Waals surface area contributed by atoms with Crippen LogP contribution in [0.15, 0.2) is 58.1 Å². The summed E-state index contributed by atoms with van der Waals surface area (Å²) < 4.78 is 13.2. The van der Waals surface area contributed by atoms with E-state index in [0.717, 1.165) is 10.2 Å². The number of nitrogens with zero attached hydrogens (tertiary/aromatic N) is 3. The number of benzene rings is 2. The molecule has 0 aliphatic carbocycles. The molecule has 150 valence electrons. The predicted octanol–water partition coefficient (Wildman–Crippen LogP) is 4.13. The van der Waals surface area contributed by atoms with E-state index in [-0.39, 0.29) is 6.61 Å². The smallest absolute Gasteiger partial charge is 0.277 e. The van der Waals surface area contributed by atoms with Crippen LogP contribution in [0.1, 0.15) is 11.3 Å². The van der Waals surface area contributed by atoms with E-state index in [1.165, 1.54) is 13.3 Å². The third-order valence-electron chi connectivity index (χ3n) is 3.92. The lowest BCUT2D eigenvalue weighted by Gasteiger charge is -2.10. The zero-order valence-electron chi connectivity index (χ0n) is 15.7. The summed E-state index contributed by atoms with van der Waals surface area (Å²) in [6.07, 6.45) is 1.46. The number of nitrogens with one attached hydrogen (secondary N) is 1. The Morgan fingerprint density at radius 2 is 2.03 bits per heavy atom. The molecule has 0 saturated carbocycles. The molecule has 1 N–H and O–H groups in total. The van der Waals surface area contributed by atoms with E-state index in [0.29, 0.717) is 27.9 Å². The Labute approximate surface area is 181 Å². The van der Waals surface area contributed by atoms with Gasteiger partial charge in [-0.05, 0) is 37.3 Å². The molecule has 0 bridgehead atoms. The van der Waals surface area contributed by atoms with Gasteiger partial charge < -0.3 is 9.47 Å². The molecule has 0 fully saturated rings. The van der Waals surface area contributed by atoms with Crippen molar-refractivity contribution in [1.82, 2.24) is 15.2 Å². The van der Waals surface area contributed by atoms with Crippen molar-refractivity contribution in [2.45, 2.75) is 6.92 Å². The monoisotopic (exact) mass is 476 g/mol. The zero-order chi connectivity index (χ0) is 20.8. The van der Waals surface area contributed by atoms with E-state index in [1.807, 2.05) is 37.3 Å². The van der Waals surface area contributed by atoms with Crippen LogP contribution in [0.3, 0.4) is 0 Å². The van der Waals surface area contributed by atoms with Crippen LogP contribution in [0.2, 0.25) is 5.15 Å². The standard InChI is InChI=1S/C20H18BrClN4O3/c1-13-16(20(22)26(25-13)15-6-4-3-5-7-15)11-23-24-19(27)12-29-17-9-8-14(21)10-18(17)28-2/h3-11H,12H2,1-2H3,(H,24,27)/b23-11-. The van der Waals surface area contributed by atoms with Crippen LogP contribution in [-0.2, 0) is 4.79 Å². The molecule has 0 aliphatic heterocycles. The fraction of sp³-hybridized carbons (Fsp3) is 0.150. The van der Waals surface area contributed by atoms with Gasteiger partial charge in [0.1, 0.15) is 5.15 Å². The molecule has 3 aromatic rings. The highest BCUT2D eigenvalue weighted by Crippen LogP contribution is 2.30. The number of aromatic nitrogens is 2. The molecule has 1 amide bonds. The van der Waals surface area contributed by atoms with E-state index in [9.17, 15) is 4.79 Å². The number of rotatable bonds is 7. The van der Waals surface area contributed by atoms with E-state index < -0.39 is 5.91 Å². The third-order valence-corrected chi connectivity index (χ3v) is 4.77. The predicted molar refractivity (Wildman–Crippen MR) is 115 cm³/mol. The van der Waals surface area contributed by atoms with Gasteiger partial charge in [0.2, 0.25) is 0 Å². The minimum Gasteiger partial charge on any atom is -0.493 e. The summed E-state index contributed by atoms with van der Waals surface area (Å²) >= 11 is 9.77. The molecule has 0 unspecified atom stereocenters. The summed E-state index contributed by atoms with van der Waals surface area (Å²) in [7, 11) is 1.53.